The molecule has 0 saturated carbocycles. The van der Waals surface area contributed by atoms with Gasteiger partial charge in [-0.15, -0.1) is 0 Å². The molecule has 1 atom stereocenters. The Hall–Kier alpha value is -1.56. The van der Waals surface area contributed by atoms with Crippen molar-refractivity contribution < 1.29 is 14.3 Å². The van der Waals surface area contributed by atoms with Crippen molar-refractivity contribution in [1.29, 1.82) is 0 Å². The second kappa shape index (κ2) is 6.39. The van der Waals surface area contributed by atoms with Crippen LogP contribution >= 0.6 is 15.9 Å². The van der Waals surface area contributed by atoms with E-state index < -0.39 is 6.04 Å². The number of hydrogen-bond acceptors (Lipinski definition) is 3. The fourth-order valence-electron chi connectivity index (χ4n) is 1.37. The van der Waals surface area contributed by atoms with Crippen molar-refractivity contribution in [3.8, 4) is 5.75 Å². The minimum atomic E-state index is -0.580. The van der Waals surface area contributed by atoms with Crippen LogP contribution in [0.1, 0.15) is 17.3 Å². The lowest BCUT2D eigenvalue weighted by Crippen LogP contribution is -2.43. The summed E-state index contributed by atoms with van der Waals surface area (Å²) in [5.41, 5.74) is 0.457. The lowest BCUT2D eigenvalue weighted by atomic mass is 10.2. The normalized spacial score (nSPS) is 11.6. The molecule has 0 aromatic heterocycles. The van der Waals surface area contributed by atoms with Crippen LogP contribution in [0.25, 0.3) is 0 Å². The first-order valence-electron chi connectivity index (χ1n) is 5.35. The van der Waals surface area contributed by atoms with Gasteiger partial charge in [-0.3, -0.25) is 9.59 Å². The van der Waals surface area contributed by atoms with Crippen LogP contribution in [0.2, 0.25) is 0 Å². The molecule has 1 aromatic rings. The van der Waals surface area contributed by atoms with Crippen LogP contribution in [-0.2, 0) is 4.79 Å². The second-order valence-corrected chi connectivity index (χ2v) is 4.51. The van der Waals surface area contributed by atoms with E-state index in [9.17, 15) is 9.59 Å². The molecular formula is C12H15BrN2O3. The van der Waals surface area contributed by atoms with E-state index in [0.29, 0.717) is 15.8 Å². The highest BCUT2D eigenvalue weighted by atomic mass is 79.9. The number of nitrogens with one attached hydrogen (secondary N) is 2. The molecule has 5 nitrogen and oxygen atoms in total. The van der Waals surface area contributed by atoms with Gasteiger partial charge in [0.15, 0.2) is 0 Å². The topological polar surface area (TPSA) is 67.4 Å². The molecule has 1 aromatic carbocycles. The Labute approximate surface area is 114 Å². The van der Waals surface area contributed by atoms with E-state index in [4.69, 9.17) is 4.74 Å². The number of carbonyl (C=O) groups is 2. The molecule has 0 spiro atoms. The third kappa shape index (κ3) is 3.46. The summed E-state index contributed by atoms with van der Waals surface area (Å²) in [6, 6.07) is 4.38. The Kier molecular flexibility index (Phi) is 5.15. The van der Waals surface area contributed by atoms with E-state index in [1.54, 1.807) is 32.2 Å². The van der Waals surface area contributed by atoms with Crippen molar-refractivity contribution in [3.63, 3.8) is 0 Å². The molecular weight excluding hydrogens is 300 g/mol. The van der Waals surface area contributed by atoms with E-state index in [1.165, 1.54) is 7.05 Å². The Bertz CT molecular complexity index is 463. The van der Waals surface area contributed by atoms with Crippen LogP contribution in [0.5, 0.6) is 5.75 Å². The van der Waals surface area contributed by atoms with Gasteiger partial charge in [0.05, 0.1) is 11.6 Å². The summed E-state index contributed by atoms with van der Waals surface area (Å²) >= 11 is 3.30. The number of hydrogen-bond donors (Lipinski definition) is 2. The van der Waals surface area contributed by atoms with Crippen molar-refractivity contribution >= 4 is 27.7 Å². The molecule has 18 heavy (non-hydrogen) atoms. The molecule has 6 heteroatoms. The van der Waals surface area contributed by atoms with E-state index in [0.717, 1.165) is 0 Å². The highest BCUT2D eigenvalue weighted by Crippen LogP contribution is 2.25. The van der Waals surface area contributed by atoms with Crippen LogP contribution in [0.4, 0.5) is 0 Å². The molecule has 0 heterocycles. The molecule has 2 N–H and O–H groups in total. The summed E-state index contributed by atoms with van der Waals surface area (Å²) in [5.74, 6) is 0.0938. The molecule has 0 radical (unpaired) electrons. The zero-order chi connectivity index (χ0) is 13.7. The van der Waals surface area contributed by atoms with E-state index in [-0.39, 0.29) is 11.8 Å². The zero-order valence-corrected chi connectivity index (χ0v) is 12.0. The summed E-state index contributed by atoms with van der Waals surface area (Å²) in [6.45, 7) is 1.62. The summed E-state index contributed by atoms with van der Waals surface area (Å²) in [4.78, 5) is 23.2. The van der Waals surface area contributed by atoms with Crippen LogP contribution in [0.3, 0.4) is 0 Å². The first-order chi connectivity index (χ1) is 8.49. The lowest BCUT2D eigenvalue weighted by molar-refractivity contribution is -0.122. The Morgan fingerprint density at radius 2 is 2.06 bits per heavy atom. The van der Waals surface area contributed by atoms with Gasteiger partial charge in [0.25, 0.3) is 5.91 Å². The molecule has 0 aliphatic rings. The van der Waals surface area contributed by atoms with Gasteiger partial charge >= 0.3 is 0 Å². The quantitative estimate of drug-likeness (QED) is 0.881. The molecule has 1 unspecified atom stereocenters. The van der Waals surface area contributed by atoms with Crippen LogP contribution in [-0.4, -0.2) is 32.0 Å². The first-order valence-corrected chi connectivity index (χ1v) is 6.15. The number of rotatable bonds is 4. The predicted octanol–water partition coefficient (Wildman–Crippen LogP) is 1.32. The summed E-state index contributed by atoms with van der Waals surface area (Å²) in [7, 11) is 3.07. The molecule has 0 aliphatic heterocycles. The van der Waals surface area contributed by atoms with E-state index >= 15 is 0 Å². The first kappa shape index (κ1) is 14.5. The number of benzene rings is 1. The van der Waals surface area contributed by atoms with Crippen LogP contribution in [0, 0.1) is 0 Å². The second-order valence-electron chi connectivity index (χ2n) is 3.66. The summed E-state index contributed by atoms with van der Waals surface area (Å²) in [5, 5.41) is 5.07. The van der Waals surface area contributed by atoms with E-state index in [2.05, 4.69) is 26.6 Å². The molecule has 0 saturated heterocycles. The van der Waals surface area contributed by atoms with Gasteiger partial charge in [0.1, 0.15) is 11.8 Å². The zero-order valence-electron chi connectivity index (χ0n) is 10.4. The van der Waals surface area contributed by atoms with Gasteiger partial charge in [-0.2, -0.15) is 0 Å². The number of halogens is 1. The SMILES string of the molecule is CNC(=O)C(C)NC(=O)c1ccc(OC)c(Br)c1. The molecule has 1 rings (SSSR count). The minimum Gasteiger partial charge on any atom is -0.496 e. The fraction of sp³-hybridized carbons (Fsp3) is 0.333. The summed E-state index contributed by atoms with van der Waals surface area (Å²) in [6.07, 6.45) is 0. The standard InChI is InChI=1S/C12H15BrN2O3/c1-7(11(16)14-2)15-12(17)8-4-5-10(18-3)9(13)6-8/h4-7H,1-3H3,(H,14,16)(H,15,17). The van der Waals surface area contributed by atoms with Gasteiger partial charge in [-0.25, -0.2) is 0 Å². The lowest BCUT2D eigenvalue weighted by Gasteiger charge is -2.12. The largest absolute Gasteiger partial charge is 0.496 e. The summed E-state index contributed by atoms with van der Waals surface area (Å²) < 4.78 is 5.76. The number of amides is 2. The van der Waals surface area contributed by atoms with Gasteiger partial charge in [0.2, 0.25) is 5.91 Å². The van der Waals surface area contributed by atoms with Crippen molar-refractivity contribution in [3.05, 3.63) is 28.2 Å². The molecule has 2 amide bonds. The number of likely N-dealkylation sites (N-methyl/N-ethyl adjacent to an activating group) is 1. The Balaban J connectivity index is 2.79. The average molecular weight is 315 g/mol. The van der Waals surface area contributed by atoms with Gasteiger partial charge in [-0.05, 0) is 41.1 Å². The van der Waals surface area contributed by atoms with Gasteiger partial charge in [0, 0.05) is 12.6 Å². The third-order valence-electron chi connectivity index (χ3n) is 2.40. The number of ether oxygens (including phenoxy) is 1. The number of carbonyl (C=O) groups excluding carboxylic acids is 2. The Morgan fingerprint density at radius 3 is 2.56 bits per heavy atom. The van der Waals surface area contributed by atoms with Gasteiger partial charge < -0.3 is 15.4 Å². The predicted molar refractivity (Wildman–Crippen MR) is 71.7 cm³/mol. The highest BCUT2D eigenvalue weighted by Gasteiger charge is 2.15. The van der Waals surface area contributed by atoms with E-state index in [1.807, 2.05) is 0 Å². The molecule has 0 fully saturated rings. The van der Waals surface area contributed by atoms with Crippen molar-refractivity contribution in [2.24, 2.45) is 0 Å². The Morgan fingerprint density at radius 1 is 1.39 bits per heavy atom. The molecule has 0 aliphatic carbocycles. The monoisotopic (exact) mass is 314 g/mol. The molecule has 98 valence electrons. The maximum Gasteiger partial charge on any atom is 0.251 e. The van der Waals surface area contributed by atoms with Crippen molar-refractivity contribution in [1.82, 2.24) is 10.6 Å². The minimum absolute atomic E-state index is 0.240. The molecule has 0 bridgehead atoms. The average Bonchev–Trinajstić information content (AvgIpc) is 2.37. The maximum atomic E-state index is 11.9. The van der Waals surface area contributed by atoms with Crippen molar-refractivity contribution in [2.75, 3.05) is 14.2 Å². The van der Waals surface area contributed by atoms with Crippen LogP contribution in [0.15, 0.2) is 22.7 Å². The smallest absolute Gasteiger partial charge is 0.251 e. The fourth-order valence-corrected chi connectivity index (χ4v) is 1.91. The number of methoxy groups -OCH3 is 1. The van der Waals surface area contributed by atoms with Crippen molar-refractivity contribution in [2.45, 2.75) is 13.0 Å². The van der Waals surface area contributed by atoms with Gasteiger partial charge in [-0.1, -0.05) is 0 Å². The third-order valence-corrected chi connectivity index (χ3v) is 3.02. The van der Waals surface area contributed by atoms with Crippen LogP contribution < -0.4 is 15.4 Å². The highest BCUT2D eigenvalue weighted by molar-refractivity contribution is 9.10. The maximum absolute atomic E-state index is 11.9.